The summed E-state index contributed by atoms with van der Waals surface area (Å²) in [5.74, 6) is -0.676. The van der Waals surface area contributed by atoms with E-state index >= 15 is 0 Å². The van der Waals surface area contributed by atoms with Crippen LogP contribution in [0.3, 0.4) is 0 Å². The Hall–Kier alpha value is -1.84. The van der Waals surface area contributed by atoms with Gasteiger partial charge in [-0.15, -0.1) is 0 Å². The van der Waals surface area contributed by atoms with Gasteiger partial charge in [0.05, 0.1) is 5.39 Å². The van der Waals surface area contributed by atoms with Crippen LogP contribution in [-0.4, -0.2) is 15.3 Å². The first-order valence-electron chi connectivity index (χ1n) is 3.31. The van der Waals surface area contributed by atoms with Gasteiger partial charge in [0.15, 0.2) is 17.1 Å². The average molecular weight is 166 g/mol. The predicted octanol–water partition coefficient (Wildman–Crippen LogP) is 1.55. The monoisotopic (exact) mass is 166 g/mol. The molecule has 2 aromatic rings. The van der Waals surface area contributed by atoms with E-state index in [0.717, 1.165) is 6.26 Å². The molecule has 12 heavy (non-hydrogen) atoms. The van der Waals surface area contributed by atoms with Crippen LogP contribution in [0.25, 0.3) is 11.0 Å². The third kappa shape index (κ3) is 0.717. The fourth-order valence-corrected chi connectivity index (χ4v) is 1.06. The minimum absolute atomic E-state index is 0.0553. The van der Waals surface area contributed by atoms with Crippen molar-refractivity contribution in [3.63, 3.8) is 0 Å². The highest BCUT2D eigenvalue weighted by atomic mass is 16.4. The molecule has 0 aliphatic heterocycles. The predicted molar refractivity (Wildman–Crippen MR) is 41.2 cm³/mol. The van der Waals surface area contributed by atoms with Crippen molar-refractivity contribution in [3.05, 3.63) is 18.4 Å². The van der Waals surface area contributed by atoms with Crippen LogP contribution in [0.4, 0.5) is 0 Å². The molecule has 4 nitrogen and oxygen atoms in total. The quantitative estimate of drug-likeness (QED) is 0.519. The molecule has 0 aliphatic rings. The van der Waals surface area contributed by atoms with Gasteiger partial charge in [0, 0.05) is 0 Å². The van der Waals surface area contributed by atoms with Crippen LogP contribution in [0, 0.1) is 0 Å². The minimum atomic E-state index is -0.354. The summed E-state index contributed by atoms with van der Waals surface area (Å²) >= 11 is 0. The topological polar surface area (TPSA) is 73.8 Å². The van der Waals surface area contributed by atoms with Gasteiger partial charge in [-0.25, -0.2) is 0 Å². The number of benzene rings is 1. The summed E-state index contributed by atoms with van der Waals surface area (Å²) < 4.78 is 4.80. The zero-order valence-corrected chi connectivity index (χ0v) is 5.98. The summed E-state index contributed by atoms with van der Waals surface area (Å²) in [7, 11) is 0. The van der Waals surface area contributed by atoms with E-state index in [1.807, 2.05) is 0 Å². The molecule has 0 saturated heterocycles. The molecule has 4 heteroatoms. The van der Waals surface area contributed by atoms with Gasteiger partial charge in [0.1, 0.15) is 6.26 Å². The second-order valence-corrected chi connectivity index (χ2v) is 2.43. The van der Waals surface area contributed by atoms with Crippen molar-refractivity contribution < 1.29 is 19.7 Å². The summed E-state index contributed by atoms with van der Waals surface area (Å²) in [5, 5.41) is 27.8. The molecule has 0 atom stereocenters. The molecule has 1 aromatic carbocycles. The Kier molecular flexibility index (Phi) is 1.18. The number of rotatable bonds is 0. The van der Waals surface area contributed by atoms with Crippen molar-refractivity contribution in [1.82, 2.24) is 0 Å². The van der Waals surface area contributed by atoms with Gasteiger partial charge in [0.2, 0.25) is 5.75 Å². The Morgan fingerprint density at radius 2 is 1.75 bits per heavy atom. The lowest BCUT2D eigenvalue weighted by molar-refractivity contribution is 0.400. The van der Waals surface area contributed by atoms with Crippen LogP contribution in [-0.2, 0) is 0 Å². The van der Waals surface area contributed by atoms with E-state index in [4.69, 9.17) is 14.6 Å². The second-order valence-electron chi connectivity index (χ2n) is 2.43. The highest BCUT2D eigenvalue weighted by molar-refractivity contribution is 5.90. The van der Waals surface area contributed by atoms with Crippen molar-refractivity contribution >= 4 is 11.0 Å². The van der Waals surface area contributed by atoms with E-state index in [-0.39, 0.29) is 22.8 Å². The Bertz CT molecular complexity index is 430. The van der Waals surface area contributed by atoms with Crippen LogP contribution < -0.4 is 0 Å². The molecular weight excluding hydrogens is 160 g/mol. The lowest BCUT2D eigenvalue weighted by Gasteiger charge is -1.95. The third-order valence-electron chi connectivity index (χ3n) is 1.67. The zero-order valence-electron chi connectivity index (χ0n) is 5.98. The summed E-state index contributed by atoms with van der Waals surface area (Å²) in [6, 6.07) is 2.75. The van der Waals surface area contributed by atoms with Crippen molar-refractivity contribution in [3.8, 4) is 17.2 Å². The molecule has 62 valence electrons. The number of aromatic hydroxyl groups is 3. The van der Waals surface area contributed by atoms with Crippen LogP contribution in [0.5, 0.6) is 17.2 Å². The molecule has 0 radical (unpaired) electrons. The van der Waals surface area contributed by atoms with Crippen LogP contribution in [0.1, 0.15) is 0 Å². The lowest BCUT2D eigenvalue weighted by atomic mass is 10.2. The largest absolute Gasteiger partial charge is 0.504 e. The Morgan fingerprint density at radius 3 is 2.50 bits per heavy atom. The van der Waals surface area contributed by atoms with E-state index in [1.54, 1.807) is 0 Å². The lowest BCUT2D eigenvalue weighted by Crippen LogP contribution is -1.69. The normalized spacial score (nSPS) is 10.7. The van der Waals surface area contributed by atoms with Gasteiger partial charge in [-0.1, -0.05) is 0 Å². The maximum absolute atomic E-state index is 9.22. The van der Waals surface area contributed by atoms with Gasteiger partial charge in [-0.3, -0.25) is 0 Å². The number of fused-ring (bicyclic) bond motifs is 1. The van der Waals surface area contributed by atoms with E-state index in [0.29, 0.717) is 5.39 Å². The molecule has 0 saturated carbocycles. The molecule has 3 N–H and O–H groups in total. The molecule has 0 aliphatic carbocycles. The molecule has 0 bridgehead atoms. The maximum atomic E-state index is 9.22. The molecule has 0 unspecified atom stereocenters. The Morgan fingerprint density at radius 1 is 1.00 bits per heavy atom. The zero-order chi connectivity index (χ0) is 8.72. The smallest absolute Gasteiger partial charge is 0.201 e. The molecule has 0 amide bonds. The number of hydrogen-bond acceptors (Lipinski definition) is 4. The van der Waals surface area contributed by atoms with Gasteiger partial charge < -0.3 is 19.7 Å². The Labute approximate surface area is 67.3 Å². The van der Waals surface area contributed by atoms with Gasteiger partial charge in [-0.2, -0.15) is 0 Å². The highest BCUT2D eigenvalue weighted by Crippen LogP contribution is 2.38. The molecule has 1 aromatic heterocycles. The van der Waals surface area contributed by atoms with Gasteiger partial charge in [0.25, 0.3) is 0 Å². The fourth-order valence-electron chi connectivity index (χ4n) is 1.06. The first-order chi connectivity index (χ1) is 5.70. The van der Waals surface area contributed by atoms with Crippen molar-refractivity contribution in [2.75, 3.05) is 0 Å². The first-order valence-corrected chi connectivity index (χ1v) is 3.31. The number of furan rings is 1. The first kappa shape index (κ1) is 6.84. The molecule has 1 heterocycles. The fraction of sp³-hybridized carbons (Fsp3) is 0. The van der Waals surface area contributed by atoms with Crippen molar-refractivity contribution in [2.24, 2.45) is 0 Å². The second kappa shape index (κ2) is 2.07. The summed E-state index contributed by atoms with van der Waals surface area (Å²) in [6.45, 7) is 0. The molecule has 0 spiro atoms. The van der Waals surface area contributed by atoms with E-state index in [2.05, 4.69) is 0 Å². The number of hydrogen-bond donors (Lipinski definition) is 3. The summed E-state index contributed by atoms with van der Waals surface area (Å²) in [4.78, 5) is 0. The van der Waals surface area contributed by atoms with Crippen LogP contribution >= 0.6 is 0 Å². The van der Waals surface area contributed by atoms with Crippen LogP contribution in [0.2, 0.25) is 0 Å². The SMILES string of the molecule is Oc1ccc2c(O)coc2c1O. The highest BCUT2D eigenvalue weighted by Gasteiger charge is 2.11. The average Bonchev–Trinajstić information content (AvgIpc) is 2.41. The Balaban J connectivity index is 2.93. The van der Waals surface area contributed by atoms with E-state index in [9.17, 15) is 5.11 Å². The minimum Gasteiger partial charge on any atom is -0.504 e. The standard InChI is InChI=1S/C8H6O4/c9-5-2-1-4-6(10)3-12-8(4)7(5)11/h1-3,9-11H. The number of phenols is 2. The molecule has 0 fully saturated rings. The third-order valence-corrected chi connectivity index (χ3v) is 1.67. The van der Waals surface area contributed by atoms with Crippen molar-refractivity contribution in [1.29, 1.82) is 0 Å². The van der Waals surface area contributed by atoms with Gasteiger partial charge in [-0.05, 0) is 12.1 Å². The number of phenolic OH excluding ortho intramolecular Hbond substituents is 2. The van der Waals surface area contributed by atoms with E-state index in [1.165, 1.54) is 12.1 Å². The van der Waals surface area contributed by atoms with E-state index < -0.39 is 0 Å². The molecular formula is C8H6O4. The van der Waals surface area contributed by atoms with Gasteiger partial charge >= 0.3 is 0 Å². The molecule has 2 rings (SSSR count). The summed E-state index contributed by atoms with van der Waals surface area (Å²) in [5.41, 5.74) is 0.0903. The van der Waals surface area contributed by atoms with Crippen LogP contribution in [0.15, 0.2) is 22.8 Å². The maximum Gasteiger partial charge on any atom is 0.201 e. The summed E-state index contributed by atoms with van der Waals surface area (Å²) in [6.07, 6.45) is 1.10. The van der Waals surface area contributed by atoms with Crippen molar-refractivity contribution in [2.45, 2.75) is 0 Å².